The lowest BCUT2D eigenvalue weighted by Gasteiger charge is -2.22. The Morgan fingerprint density at radius 2 is 1.52 bits per heavy atom. The third-order valence-electron chi connectivity index (χ3n) is 4.30. The van der Waals surface area contributed by atoms with Gasteiger partial charge in [0.1, 0.15) is 23.9 Å². The first-order valence-electron chi connectivity index (χ1n) is 9.43. The smallest absolute Gasteiger partial charge is 0.127 e. The van der Waals surface area contributed by atoms with Gasteiger partial charge in [-0.2, -0.15) is 0 Å². The maximum atomic E-state index is 5.91. The minimum Gasteiger partial charge on any atom is -0.489 e. The Hall–Kier alpha value is -3.17. The van der Waals surface area contributed by atoms with Crippen LogP contribution in [0.3, 0.4) is 0 Å². The minimum absolute atomic E-state index is 0.0385. The second-order valence-electron chi connectivity index (χ2n) is 6.44. The van der Waals surface area contributed by atoms with Crippen LogP contribution >= 0.6 is 11.6 Å². The summed E-state index contributed by atoms with van der Waals surface area (Å²) in [6, 6.07) is 23.2. The molecule has 1 unspecified atom stereocenters. The molecular weight excluding hydrogens is 382 g/mol. The van der Waals surface area contributed by atoms with Crippen LogP contribution in [0, 0.1) is 0 Å². The molecule has 0 aliphatic heterocycles. The number of para-hydroxylation sites is 1. The van der Waals surface area contributed by atoms with Gasteiger partial charge in [0.05, 0.1) is 6.04 Å². The second-order valence-corrected chi connectivity index (χ2v) is 6.88. The van der Waals surface area contributed by atoms with Gasteiger partial charge in [-0.25, -0.2) is 0 Å². The summed E-state index contributed by atoms with van der Waals surface area (Å²) in [6.07, 6.45) is 4.41. The van der Waals surface area contributed by atoms with E-state index < -0.39 is 0 Å². The van der Waals surface area contributed by atoms with Gasteiger partial charge in [-0.1, -0.05) is 48.5 Å². The van der Waals surface area contributed by atoms with E-state index in [0.29, 0.717) is 11.6 Å². The Bertz CT molecular complexity index is 936. The zero-order valence-electron chi connectivity index (χ0n) is 16.2. The standard InChI is InChI=1S/C25H24ClNO2/c1-3-7-24(23-8-5-6-9-25(23)28-18-4-2)27-20-12-16-22(17-13-20)29-21-14-10-19(26)11-15-21/h3-6,8-17,24,27H,1-2,7,18H2. The van der Waals surface area contributed by atoms with Crippen molar-refractivity contribution in [2.24, 2.45) is 0 Å². The minimum atomic E-state index is 0.0385. The maximum Gasteiger partial charge on any atom is 0.127 e. The molecule has 0 saturated heterocycles. The summed E-state index contributed by atoms with van der Waals surface area (Å²) in [5.74, 6) is 2.34. The van der Waals surface area contributed by atoms with E-state index in [2.05, 4.69) is 24.5 Å². The Labute approximate surface area is 177 Å². The number of ether oxygens (including phenoxy) is 2. The molecule has 3 aromatic carbocycles. The molecule has 0 aliphatic rings. The van der Waals surface area contributed by atoms with Crippen LogP contribution in [0.1, 0.15) is 18.0 Å². The van der Waals surface area contributed by atoms with Crippen LogP contribution in [-0.4, -0.2) is 6.61 Å². The first kappa shape index (κ1) is 20.6. The summed E-state index contributed by atoms with van der Waals surface area (Å²) < 4.78 is 11.7. The molecule has 1 atom stereocenters. The molecule has 4 heteroatoms. The summed E-state index contributed by atoms with van der Waals surface area (Å²) in [5, 5.41) is 4.24. The van der Waals surface area contributed by atoms with E-state index in [4.69, 9.17) is 21.1 Å². The van der Waals surface area contributed by atoms with Gasteiger partial charge >= 0.3 is 0 Å². The molecule has 1 N–H and O–H groups in total. The van der Waals surface area contributed by atoms with Gasteiger partial charge in [0.25, 0.3) is 0 Å². The largest absolute Gasteiger partial charge is 0.489 e. The van der Waals surface area contributed by atoms with Crippen molar-refractivity contribution in [1.29, 1.82) is 0 Å². The third-order valence-corrected chi connectivity index (χ3v) is 4.55. The van der Waals surface area contributed by atoms with Crippen molar-refractivity contribution in [2.45, 2.75) is 12.5 Å². The van der Waals surface area contributed by atoms with E-state index in [1.807, 2.05) is 60.7 Å². The van der Waals surface area contributed by atoms with Crippen LogP contribution in [0.5, 0.6) is 17.2 Å². The van der Waals surface area contributed by atoms with Crippen LogP contribution < -0.4 is 14.8 Å². The molecular formula is C25H24ClNO2. The molecule has 0 heterocycles. The van der Waals surface area contributed by atoms with E-state index in [0.717, 1.165) is 34.9 Å². The fourth-order valence-electron chi connectivity index (χ4n) is 2.94. The topological polar surface area (TPSA) is 30.5 Å². The summed E-state index contributed by atoms with van der Waals surface area (Å²) in [4.78, 5) is 0. The van der Waals surface area contributed by atoms with Gasteiger partial charge in [0.2, 0.25) is 0 Å². The number of anilines is 1. The van der Waals surface area contributed by atoms with Crippen molar-refractivity contribution in [3.63, 3.8) is 0 Å². The van der Waals surface area contributed by atoms with Crippen molar-refractivity contribution in [1.82, 2.24) is 0 Å². The lowest BCUT2D eigenvalue weighted by molar-refractivity contribution is 0.357. The second kappa shape index (κ2) is 10.4. The van der Waals surface area contributed by atoms with Crippen LogP contribution in [-0.2, 0) is 0 Å². The lowest BCUT2D eigenvalue weighted by Crippen LogP contribution is -2.12. The molecule has 0 saturated carbocycles. The monoisotopic (exact) mass is 405 g/mol. The fraction of sp³-hybridized carbons (Fsp3) is 0.120. The van der Waals surface area contributed by atoms with E-state index >= 15 is 0 Å². The Balaban J connectivity index is 1.73. The number of benzene rings is 3. The lowest BCUT2D eigenvalue weighted by atomic mass is 10.0. The molecule has 3 nitrogen and oxygen atoms in total. The summed E-state index contributed by atoms with van der Waals surface area (Å²) in [5.41, 5.74) is 2.06. The Kier molecular flexibility index (Phi) is 7.37. The highest BCUT2D eigenvalue weighted by Crippen LogP contribution is 2.32. The Morgan fingerprint density at radius 1 is 0.862 bits per heavy atom. The predicted molar refractivity (Wildman–Crippen MR) is 121 cm³/mol. The molecule has 29 heavy (non-hydrogen) atoms. The molecule has 3 aromatic rings. The molecule has 0 fully saturated rings. The van der Waals surface area contributed by atoms with Crippen LogP contribution in [0.4, 0.5) is 5.69 Å². The van der Waals surface area contributed by atoms with Crippen molar-refractivity contribution in [2.75, 3.05) is 11.9 Å². The van der Waals surface area contributed by atoms with Crippen molar-refractivity contribution in [3.05, 3.63) is 109 Å². The normalized spacial score (nSPS) is 11.3. The highest BCUT2D eigenvalue weighted by atomic mass is 35.5. The molecule has 148 valence electrons. The number of hydrogen-bond donors (Lipinski definition) is 1. The number of nitrogens with one attached hydrogen (secondary N) is 1. The maximum absolute atomic E-state index is 5.91. The van der Waals surface area contributed by atoms with E-state index in [1.165, 1.54) is 0 Å². The van der Waals surface area contributed by atoms with Crippen LogP contribution in [0.2, 0.25) is 5.02 Å². The summed E-state index contributed by atoms with van der Waals surface area (Å²) in [7, 11) is 0. The van der Waals surface area contributed by atoms with E-state index in [9.17, 15) is 0 Å². The first-order valence-corrected chi connectivity index (χ1v) is 9.81. The molecule has 0 amide bonds. The molecule has 3 rings (SSSR count). The van der Waals surface area contributed by atoms with Crippen molar-refractivity contribution in [3.8, 4) is 17.2 Å². The number of hydrogen-bond acceptors (Lipinski definition) is 3. The summed E-state index contributed by atoms with van der Waals surface area (Å²) >= 11 is 5.91. The zero-order chi connectivity index (χ0) is 20.5. The van der Waals surface area contributed by atoms with E-state index in [-0.39, 0.29) is 6.04 Å². The number of rotatable bonds is 10. The van der Waals surface area contributed by atoms with Gasteiger partial charge in [0, 0.05) is 16.3 Å². The molecule has 0 aliphatic carbocycles. The van der Waals surface area contributed by atoms with Crippen molar-refractivity contribution >= 4 is 17.3 Å². The van der Waals surface area contributed by atoms with Crippen LogP contribution in [0.15, 0.2) is 98.1 Å². The zero-order valence-corrected chi connectivity index (χ0v) is 16.9. The molecule has 0 radical (unpaired) electrons. The average molecular weight is 406 g/mol. The molecule has 0 bridgehead atoms. The fourth-order valence-corrected chi connectivity index (χ4v) is 3.06. The Morgan fingerprint density at radius 3 is 2.17 bits per heavy atom. The molecule has 0 spiro atoms. The highest BCUT2D eigenvalue weighted by Gasteiger charge is 2.15. The average Bonchev–Trinajstić information content (AvgIpc) is 2.75. The quantitative estimate of drug-likeness (QED) is 0.356. The van der Waals surface area contributed by atoms with Gasteiger partial charge in [-0.3, -0.25) is 0 Å². The van der Waals surface area contributed by atoms with Crippen molar-refractivity contribution < 1.29 is 9.47 Å². The van der Waals surface area contributed by atoms with E-state index in [1.54, 1.807) is 18.2 Å². The SMILES string of the molecule is C=CCOc1ccccc1C(CC=C)Nc1ccc(Oc2ccc(Cl)cc2)cc1. The highest BCUT2D eigenvalue weighted by molar-refractivity contribution is 6.30. The van der Waals surface area contributed by atoms with Gasteiger partial charge < -0.3 is 14.8 Å². The van der Waals surface area contributed by atoms with Gasteiger partial charge in [0.15, 0.2) is 0 Å². The number of halogens is 1. The van der Waals surface area contributed by atoms with Gasteiger partial charge in [-0.05, 0) is 61.0 Å². The third kappa shape index (κ3) is 5.90. The predicted octanol–water partition coefficient (Wildman–Crippen LogP) is 7.43. The molecule has 0 aromatic heterocycles. The summed E-state index contributed by atoms with van der Waals surface area (Å²) in [6.45, 7) is 8.09. The first-order chi connectivity index (χ1) is 14.2. The van der Waals surface area contributed by atoms with Crippen LogP contribution in [0.25, 0.3) is 0 Å². The van der Waals surface area contributed by atoms with Gasteiger partial charge in [-0.15, -0.1) is 6.58 Å².